The van der Waals surface area contributed by atoms with Gasteiger partial charge in [0.1, 0.15) is 11.5 Å². The Balaban J connectivity index is 1.90. The topological polar surface area (TPSA) is 76.5 Å². The highest BCUT2D eigenvalue weighted by Gasteiger charge is 2.17. The molecule has 0 saturated heterocycles. The van der Waals surface area contributed by atoms with Crippen LogP contribution in [0.15, 0.2) is 65.5 Å². The summed E-state index contributed by atoms with van der Waals surface area (Å²) in [5.41, 5.74) is 3.31. The summed E-state index contributed by atoms with van der Waals surface area (Å²) >= 11 is 6.04. The van der Waals surface area contributed by atoms with Gasteiger partial charge in [-0.2, -0.15) is 5.10 Å². The summed E-state index contributed by atoms with van der Waals surface area (Å²) in [4.78, 5) is 24.2. The maximum atomic E-state index is 12.4. The molecule has 5 aromatic rings. The van der Waals surface area contributed by atoms with Gasteiger partial charge in [-0.1, -0.05) is 41.9 Å². The van der Waals surface area contributed by atoms with Gasteiger partial charge >= 0.3 is 0 Å². The van der Waals surface area contributed by atoms with Gasteiger partial charge in [-0.25, -0.2) is 14.6 Å². The second-order valence-electron chi connectivity index (χ2n) is 6.48. The van der Waals surface area contributed by atoms with E-state index in [9.17, 15) is 4.79 Å². The molecule has 0 saturated carbocycles. The first kappa shape index (κ1) is 16.6. The van der Waals surface area contributed by atoms with Crippen molar-refractivity contribution in [1.82, 2.24) is 24.7 Å². The molecule has 0 fully saturated rings. The average molecular weight is 388 g/mol. The summed E-state index contributed by atoms with van der Waals surface area (Å²) < 4.78 is 1.77. The lowest BCUT2D eigenvalue weighted by Crippen LogP contribution is -2.10. The highest BCUT2D eigenvalue weighted by Crippen LogP contribution is 2.31. The average Bonchev–Trinajstić information content (AvgIpc) is 3.06. The number of hydrogen-bond acceptors (Lipinski definition) is 4. The molecule has 0 aliphatic rings. The normalized spacial score (nSPS) is 11.4. The van der Waals surface area contributed by atoms with Gasteiger partial charge in [-0.15, -0.1) is 0 Å². The number of rotatable bonds is 2. The molecule has 3 heterocycles. The molecule has 0 aliphatic carbocycles. The Kier molecular flexibility index (Phi) is 3.74. The third kappa shape index (κ3) is 2.66. The summed E-state index contributed by atoms with van der Waals surface area (Å²) in [6.45, 7) is 1.74. The van der Waals surface area contributed by atoms with Crippen LogP contribution in [0.2, 0.25) is 5.02 Å². The van der Waals surface area contributed by atoms with Gasteiger partial charge < -0.3 is 4.98 Å². The van der Waals surface area contributed by atoms with Gasteiger partial charge in [0.05, 0.1) is 11.1 Å². The fourth-order valence-electron chi connectivity index (χ4n) is 3.27. The van der Waals surface area contributed by atoms with Gasteiger partial charge in [0.15, 0.2) is 11.3 Å². The Morgan fingerprint density at radius 2 is 1.71 bits per heavy atom. The van der Waals surface area contributed by atoms with Gasteiger partial charge in [0.2, 0.25) is 0 Å². The van der Waals surface area contributed by atoms with Crippen LogP contribution in [0.25, 0.3) is 39.0 Å². The van der Waals surface area contributed by atoms with Crippen molar-refractivity contribution in [1.29, 1.82) is 0 Å². The number of aromatic amines is 1. The van der Waals surface area contributed by atoms with Crippen molar-refractivity contribution >= 4 is 33.7 Å². The van der Waals surface area contributed by atoms with E-state index in [1.807, 2.05) is 54.6 Å². The standard InChI is InChI=1S/C21H14ClN5O/c1-12-23-19-17(21(28)24-12)11-16-18(13-7-9-14(22)10-8-13)26-27(20(16)25-19)15-5-3-2-4-6-15/h2-11H,1H3,(H,23,24,25,28). The smallest absolute Gasteiger partial charge is 0.260 e. The molecule has 0 unspecified atom stereocenters. The monoisotopic (exact) mass is 387 g/mol. The van der Waals surface area contributed by atoms with Crippen molar-refractivity contribution in [3.63, 3.8) is 0 Å². The van der Waals surface area contributed by atoms with Crippen LogP contribution in [0, 0.1) is 6.92 Å². The first-order chi connectivity index (χ1) is 13.6. The lowest BCUT2D eigenvalue weighted by atomic mass is 10.1. The van der Waals surface area contributed by atoms with E-state index in [4.69, 9.17) is 16.7 Å². The minimum Gasteiger partial charge on any atom is -0.310 e. The molecule has 136 valence electrons. The third-order valence-electron chi connectivity index (χ3n) is 4.57. The quantitative estimate of drug-likeness (QED) is 0.490. The van der Waals surface area contributed by atoms with Crippen LogP contribution in [0.5, 0.6) is 0 Å². The van der Waals surface area contributed by atoms with Crippen LogP contribution in [0.3, 0.4) is 0 Å². The molecule has 0 aliphatic heterocycles. The molecule has 0 spiro atoms. The van der Waals surface area contributed by atoms with Crippen LogP contribution in [0.4, 0.5) is 0 Å². The number of para-hydroxylation sites is 1. The van der Waals surface area contributed by atoms with Crippen LogP contribution >= 0.6 is 11.6 Å². The third-order valence-corrected chi connectivity index (χ3v) is 4.82. The molecular weight excluding hydrogens is 374 g/mol. The molecule has 0 bridgehead atoms. The molecule has 0 atom stereocenters. The number of fused-ring (bicyclic) bond motifs is 2. The minimum absolute atomic E-state index is 0.216. The van der Waals surface area contributed by atoms with E-state index in [1.54, 1.807) is 17.7 Å². The van der Waals surface area contributed by atoms with Crippen molar-refractivity contribution in [2.24, 2.45) is 0 Å². The van der Waals surface area contributed by atoms with Crippen molar-refractivity contribution in [2.75, 3.05) is 0 Å². The highest BCUT2D eigenvalue weighted by molar-refractivity contribution is 6.30. The predicted octanol–water partition coefficient (Wildman–Crippen LogP) is 4.29. The summed E-state index contributed by atoms with van der Waals surface area (Å²) in [6.07, 6.45) is 0. The summed E-state index contributed by atoms with van der Waals surface area (Å²) in [5, 5.41) is 6.66. The lowest BCUT2D eigenvalue weighted by Gasteiger charge is -2.03. The van der Waals surface area contributed by atoms with Crippen LogP contribution in [0.1, 0.15) is 5.82 Å². The molecule has 2 aromatic carbocycles. The van der Waals surface area contributed by atoms with Crippen molar-refractivity contribution in [2.45, 2.75) is 6.92 Å². The zero-order valence-corrected chi connectivity index (χ0v) is 15.6. The van der Waals surface area contributed by atoms with Gasteiger partial charge in [-0.05, 0) is 37.3 Å². The summed E-state index contributed by atoms with van der Waals surface area (Å²) in [5.74, 6) is 0.521. The lowest BCUT2D eigenvalue weighted by molar-refractivity contribution is 0.901. The number of pyridine rings is 1. The van der Waals surface area contributed by atoms with E-state index < -0.39 is 0 Å². The predicted molar refractivity (Wildman–Crippen MR) is 110 cm³/mol. The first-order valence-corrected chi connectivity index (χ1v) is 9.10. The first-order valence-electron chi connectivity index (χ1n) is 8.72. The van der Waals surface area contributed by atoms with E-state index >= 15 is 0 Å². The molecule has 7 heteroatoms. The van der Waals surface area contributed by atoms with E-state index in [0.29, 0.717) is 27.5 Å². The van der Waals surface area contributed by atoms with Crippen LogP contribution < -0.4 is 5.56 Å². The highest BCUT2D eigenvalue weighted by atomic mass is 35.5. The molecule has 5 rings (SSSR count). The van der Waals surface area contributed by atoms with Crippen LogP contribution in [-0.2, 0) is 0 Å². The second kappa shape index (κ2) is 6.28. The zero-order chi connectivity index (χ0) is 19.3. The van der Waals surface area contributed by atoms with Gasteiger partial charge in [0.25, 0.3) is 5.56 Å². The Morgan fingerprint density at radius 3 is 2.46 bits per heavy atom. The van der Waals surface area contributed by atoms with Crippen molar-refractivity contribution in [3.8, 4) is 16.9 Å². The molecular formula is C21H14ClN5O. The number of H-pyrrole nitrogens is 1. The van der Waals surface area contributed by atoms with Gasteiger partial charge in [-0.3, -0.25) is 4.79 Å². The Hall–Kier alpha value is -3.51. The minimum atomic E-state index is -0.216. The van der Waals surface area contributed by atoms with Crippen LogP contribution in [-0.4, -0.2) is 24.7 Å². The number of hydrogen-bond donors (Lipinski definition) is 1. The molecule has 28 heavy (non-hydrogen) atoms. The number of benzene rings is 2. The molecule has 1 N–H and O–H groups in total. The fraction of sp³-hybridized carbons (Fsp3) is 0.0476. The summed E-state index contributed by atoms with van der Waals surface area (Å²) in [6, 6.07) is 19.0. The maximum Gasteiger partial charge on any atom is 0.260 e. The molecule has 3 aromatic heterocycles. The Labute approximate surface area is 164 Å². The van der Waals surface area contributed by atoms with E-state index in [-0.39, 0.29) is 5.56 Å². The second-order valence-corrected chi connectivity index (χ2v) is 6.92. The number of aromatic nitrogens is 5. The van der Waals surface area contributed by atoms with E-state index in [2.05, 4.69) is 15.0 Å². The largest absolute Gasteiger partial charge is 0.310 e. The van der Waals surface area contributed by atoms with Gasteiger partial charge in [0, 0.05) is 16.0 Å². The zero-order valence-electron chi connectivity index (χ0n) is 14.8. The van der Waals surface area contributed by atoms with E-state index in [0.717, 1.165) is 22.3 Å². The van der Waals surface area contributed by atoms with Crippen molar-refractivity contribution < 1.29 is 0 Å². The van der Waals surface area contributed by atoms with Crippen molar-refractivity contribution in [3.05, 3.63) is 81.9 Å². The number of halogens is 1. The molecule has 0 radical (unpaired) electrons. The molecule has 6 nitrogen and oxygen atoms in total. The fourth-order valence-corrected chi connectivity index (χ4v) is 3.40. The number of nitrogens with zero attached hydrogens (tertiary/aromatic N) is 4. The summed E-state index contributed by atoms with van der Waals surface area (Å²) in [7, 11) is 0. The van der Waals surface area contributed by atoms with E-state index in [1.165, 1.54) is 0 Å². The Bertz CT molecular complexity index is 1390. The maximum absolute atomic E-state index is 12.4. The molecule has 0 amide bonds. The number of nitrogens with one attached hydrogen (secondary N) is 1. The SMILES string of the molecule is Cc1nc2nc3c(cc2c(=O)[nH]1)c(-c1ccc(Cl)cc1)nn3-c1ccccc1. The number of aryl methyl sites for hydroxylation is 1. The Morgan fingerprint density at radius 1 is 0.964 bits per heavy atom.